The number of hydrogen-bond donors (Lipinski definition) is 3. The first-order chi connectivity index (χ1) is 9.67. The quantitative estimate of drug-likeness (QED) is 0.646. The number of nitrogens with two attached hydrogens (primary N) is 1. The van der Waals surface area contributed by atoms with Crippen LogP contribution in [-0.2, 0) is 11.3 Å². The van der Waals surface area contributed by atoms with Crippen molar-refractivity contribution in [1.82, 2.24) is 15.1 Å². The normalized spacial score (nSPS) is 17.7. The van der Waals surface area contributed by atoms with Crippen molar-refractivity contribution < 1.29 is 9.53 Å². The van der Waals surface area contributed by atoms with Crippen molar-refractivity contribution in [2.24, 2.45) is 0 Å². The third-order valence-corrected chi connectivity index (χ3v) is 3.22. The number of esters is 1. The zero-order chi connectivity index (χ0) is 14.5. The Hall–Kier alpha value is -2.27. The average Bonchev–Trinajstić information content (AvgIpc) is 3.05. The van der Waals surface area contributed by atoms with Gasteiger partial charge in [-0.05, 0) is 13.0 Å². The maximum absolute atomic E-state index is 11.8. The summed E-state index contributed by atoms with van der Waals surface area (Å²) in [5.41, 5.74) is 6.16. The second-order valence-electron chi connectivity index (χ2n) is 4.57. The summed E-state index contributed by atoms with van der Waals surface area (Å²) in [6.45, 7) is 2.08. The standard InChI is InChI=1S/C12H18N6O2/c1-20-12(19)9-10(14)18(6-2-4-13)17-11(9)16-8-3-5-15-7-8/h8,15H,2-3,5-7,14H2,1H3,(H,16,17). The Balaban J connectivity index is 2.27. The van der Waals surface area contributed by atoms with Crippen LogP contribution in [0.5, 0.6) is 0 Å². The van der Waals surface area contributed by atoms with Crippen LogP contribution < -0.4 is 16.4 Å². The van der Waals surface area contributed by atoms with E-state index in [1.807, 2.05) is 6.07 Å². The van der Waals surface area contributed by atoms with Crippen LogP contribution in [-0.4, -0.2) is 42.0 Å². The molecular formula is C12H18N6O2. The number of nitrogens with one attached hydrogen (secondary N) is 2. The SMILES string of the molecule is COC(=O)c1c(NC2CCNC2)nn(CCC#N)c1N. The second kappa shape index (κ2) is 6.25. The van der Waals surface area contributed by atoms with E-state index in [9.17, 15) is 4.79 Å². The fraction of sp³-hybridized carbons (Fsp3) is 0.583. The Morgan fingerprint density at radius 1 is 1.75 bits per heavy atom. The molecule has 8 nitrogen and oxygen atoms in total. The fourth-order valence-electron chi connectivity index (χ4n) is 2.18. The van der Waals surface area contributed by atoms with Crippen LogP contribution in [0, 0.1) is 11.3 Å². The van der Waals surface area contributed by atoms with Crippen molar-refractivity contribution in [3.8, 4) is 6.07 Å². The van der Waals surface area contributed by atoms with Gasteiger partial charge < -0.3 is 21.1 Å². The summed E-state index contributed by atoms with van der Waals surface area (Å²) in [6.07, 6.45) is 1.22. The number of hydrogen-bond acceptors (Lipinski definition) is 7. The minimum absolute atomic E-state index is 0.206. The molecule has 2 heterocycles. The zero-order valence-electron chi connectivity index (χ0n) is 11.3. The molecule has 108 valence electrons. The number of rotatable bonds is 5. The molecule has 0 bridgehead atoms. The molecule has 0 saturated carbocycles. The summed E-state index contributed by atoms with van der Waals surface area (Å²) in [6, 6.07) is 2.23. The van der Waals surface area contributed by atoms with Crippen molar-refractivity contribution in [3.05, 3.63) is 5.56 Å². The van der Waals surface area contributed by atoms with Crippen LogP contribution in [0.2, 0.25) is 0 Å². The maximum Gasteiger partial charge on any atom is 0.345 e. The van der Waals surface area contributed by atoms with Gasteiger partial charge in [0.2, 0.25) is 0 Å². The van der Waals surface area contributed by atoms with E-state index in [1.54, 1.807) is 0 Å². The molecule has 1 aliphatic heterocycles. The Morgan fingerprint density at radius 3 is 3.15 bits per heavy atom. The smallest absolute Gasteiger partial charge is 0.345 e. The number of methoxy groups -OCH3 is 1. The highest BCUT2D eigenvalue weighted by molar-refractivity contribution is 5.99. The summed E-state index contributed by atoms with van der Waals surface area (Å²) in [7, 11) is 1.30. The van der Waals surface area contributed by atoms with E-state index in [0.717, 1.165) is 19.5 Å². The van der Waals surface area contributed by atoms with Gasteiger partial charge in [0.25, 0.3) is 0 Å². The van der Waals surface area contributed by atoms with E-state index in [2.05, 4.69) is 15.7 Å². The second-order valence-corrected chi connectivity index (χ2v) is 4.57. The van der Waals surface area contributed by atoms with Gasteiger partial charge in [0.15, 0.2) is 5.82 Å². The lowest BCUT2D eigenvalue weighted by molar-refractivity contribution is 0.0603. The molecule has 0 spiro atoms. The van der Waals surface area contributed by atoms with Crippen LogP contribution in [0.3, 0.4) is 0 Å². The lowest BCUT2D eigenvalue weighted by Gasteiger charge is -2.11. The van der Waals surface area contributed by atoms with Crippen molar-refractivity contribution in [2.75, 3.05) is 31.2 Å². The Labute approximate surface area is 116 Å². The average molecular weight is 278 g/mol. The molecule has 0 aromatic carbocycles. The van der Waals surface area contributed by atoms with E-state index >= 15 is 0 Å². The highest BCUT2D eigenvalue weighted by Crippen LogP contribution is 2.24. The van der Waals surface area contributed by atoms with Gasteiger partial charge in [-0.15, -0.1) is 0 Å². The summed E-state index contributed by atoms with van der Waals surface area (Å²) in [5, 5.41) is 19.3. The lowest BCUT2D eigenvalue weighted by atomic mass is 10.2. The molecule has 1 aliphatic rings. The van der Waals surface area contributed by atoms with Crippen LogP contribution in [0.15, 0.2) is 0 Å². The van der Waals surface area contributed by atoms with Crippen molar-refractivity contribution in [2.45, 2.75) is 25.4 Å². The van der Waals surface area contributed by atoms with Gasteiger partial charge in [-0.3, -0.25) is 0 Å². The molecule has 4 N–H and O–H groups in total. The number of carbonyl (C=O) groups excluding carboxylic acids is 1. The fourth-order valence-corrected chi connectivity index (χ4v) is 2.18. The number of carbonyl (C=O) groups is 1. The summed E-state index contributed by atoms with van der Waals surface area (Å²) in [4.78, 5) is 11.8. The molecule has 1 fully saturated rings. The Morgan fingerprint density at radius 2 is 2.55 bits per heavy atom. The number of nitrogens with zero attached hydrogens (tertiary/aromatic N) is 3. The Bertz CT molecular complexity index is 527. The van der Waals surface area contributed by atoms with E-state index in [4.69, 9.17) is 15.7 Å². The van der Waals surface area contributed by atoms with Crippen LogP contribution in [0.1, 0.15) is 23.2 Å². The topological polar surface area (TPSA) is 118 Å². The van der Waals surface area contributed by atoms with Gasteiger partial charge in [-0.2, -0.15) is 10.4 Å². The predicted octanol–water partition coefficient (Wildman–Crippen LogP) is -0.0606. The van der Waals surface area contributed by atoms with E-state index in [1.165, 1.54) is 11.8 Å². The first-order valence-corrected chi connectivity index (χ1v) is 6.46. The third-order valence-electron chi connectivity index (χ3n) is 3.22. The molecule has 2 rings (SSSR count). The van der Waals surface area contributed by atoms with Gasteiger partial charge in [0.1, 0.15) is 11.4 Å². The zero-order valence-corrected chi connectivity index (χ0v) is 11.3. The predicted molar refractivity (Wildman–Crippen MR) is 73.1 cm³/mol. The largest absolute Gasteiger partial charge is 0.465 e. The highest BCUT2D eigenvalue weighted by atomic mass is 16.5. The molecule has 0 aliphatic carbocycles. The van der Waals surface area contributed by atoms with Gasteiger partial charge >= 0.3 is 5.97 Å². The van der Waals surface area contributed by atoms with Crippen molar-refractivity contribution in [1.29, 1.82) is 5.26 Å². The molecule has 1 aromatic rings. The summed E-state index contributed by atoms with van der Waals surface area (Å²) < 4.78 is 6.21. The molecule has 0 amide bonds. The first-order valence-electron chi connectivity index (χ1n) is 6.46. The summed E-state index contributed by atoms with van der Waals surface area (Å²) >= 11 is 0. The van der Waals surface area contributed by atoms with E-state index in [0.29, 0.717) is 12.4 Å². The molecule has 1 saturated heterocycles. The highest BCUT2D eigenvalue weighted by Gasteiger charge is 2.25. The first kappa shape index (κ1) is 14.1. The molecule has 20 heavy (non-hydrogen) atoms. The molecular weight excluding hydrogens is 260 g/mol. The number of aromatic nitrogens is 2. The van der Waals surface area contributed by atoms with Gasteiger partial charge in [0.05, 0.1) is 26.1 Å². The maximum atomic E-state index is 11.8. The van der Waals surface area contributed by atoms with Crippen LogP contribution >= 0.6 is 0 Å². The number of nitriles is 1. The van der Waals surface area contributed by atoms with Gasteiger partial charge in [-0.1, -0.05) is 0 Å². The van der Waals surface area contributed by atoms with E-state index in [-0.39, 0.29) is 23.8 Å². The summed E-state index contributed by atoms with van der Waals surface area (Å²) in [5.74, 6) is 0.112. The van der Waals surface area contributed by atoms with Crippen molar-refractivity contribution in [3.63, 3.8) is 0 Å². The van der Waals surface area contributed by atoms with E-state index < -0.39 is 5.97 Å². The Kier molecular flexibility index (Phi) is 4.42. The van der Waals surface area contributed by atoms with Crippen LogP contribution in [0.4, 0.5) is 11.6 Å². The monoisotopic (exact) mass is 278 g/mol. The number of nitrogen functional groups attached to an aromatic ring is 1. The van der Waals surface area contributed by atoms with Gasteiger partial charge in [-0.25, -0.2) is 9.48 Å². The molecule has 1 unspecified atom stereocenters. The lowest BCUT2D eigenvalue weighted by Crippen LogP contribution is -2.23. The number of aryl methyl sites for hydroxylation is 1. The third kappa shape index (κ3) is 2.83. The molecule has 8 heteroatoms. The molecule has 1 aromatic heterocycles. The number of anilines is 2. The molecule has 1 atom stereocenters. The minimum atomic E-state index is -0.529. The van der Waals surface area contributed by atoms with Crippen LogP contribution in [0.25, 0.3) is 0 Å². The molecule has 0 radical (unpaired) electrons. The number of ether oxygens (including phenoxy) is 1. The van der Waals surface area contributed by atoms with Gasteiger partial charge in [0, 0.05) is 12.6 Å². The minimum Gasteiger partial charge on any atom is -0.465 e. The van der Waals surface area contributed by atoms with Crippen molar-refractivity contribution >= 4 is 17.6 Å².